The SMILES string of the molecule is CCOC(=O)CC1C(=O)NCCN1c1nc2ccccn2c(=O)c1/C=C1\SC(=S)N(CC)C1=O. The van der Waals surface area contributed by atoms with Crippen molar-refractivity contribution in [1.82, 2.24) is 19.6 Å². The second-order valence-corrected chi connectivity index (χ2v) is 9.19. The number of rotatable bonds is 6. The van der Waals surface area contributed by atoms with Crippen LogP contribution in [0.15, 0.2) is 34.1 Å². The molecule has 0 spiro atoms. The molecule has 2 aliphatic heterocycles. The Labute approximate surface area is 204 Å². The van der Waals surface area contributed by atoms with Crippen LogP contribution in [0.3, 0.4) is 0 Å². The predicted octanol–water partition coefficient (Wildman–Crippen LogP) is 1.17. The van der Waals surface area contributed by atoms with Crippen molar-refractivity contribution in [2.45, 2.75) is 26.3 Å². The van der Waals surface area contributed by atoms with Crippen molar-refractivity contribution in [1.29, 1.82) is 0 Å². The zero-order valence-corrected chi connectivity index (χ0v) is 20.3. The lowest BCUT2D eigenvalue weighted by atomic mass is 10.1. The standard InChI is InChI=1S/C22H23N5O5S2/c1-3-25-21(31)15(34-22(25)33)11-13-18(24-16-7-5-6-9-27(16)20(13)30)26-10-8-23-19(29)14(26)12-17(28)32-4-2/h5-7,9,11,14H,3-4,8,10,12H2,1-2H3,(H,23,29)/b15-11-. The second kappa shape index (κ2) is 9.94. The maximum Gasteiger partial charge on any atom is 0.308 e. The predicted molar refractivity (Wildman–Crippen MR) is 132 cm³/mol. The summed E-state index contributed by atoms with van der Waals surface area (Å²) in [5.41, 5.74) is 0.119. The van der Waals surface area contributed by atoms with Crippen LogP contribution < -0.4 is 15.8 Å². The fourth-order valence-corrected chi connectivity index (χ4v) is 5.25. The zero-order chi connectivity index (χ0) is 24.4. The third kappa shape index (κ3) is 4.42. The van der Waals surface area contributed by atoms with Crippen molar-refractivity contribution in [2.24, 2.45) is 0 Å². The van der Waals surface area contributed by atoms with Gasteiger partial charge in [0.15, 0.2) is 0 Å². The lowest BCUT2D eigenvalue weighted by molar-refractivity contribution is -0.145. The molecular weight excluding hydrogens is 478 g/mol. The van der Waals surface area contributed by atoms with Gasteiger partial charge in [-0.15, -0.1) is 0 Å². The largest absolute Gasteiger partial charge is 0.466 e. The van der Waals surface area contributed by atoms with Crippen LogP contribution in [-0.4, -0.2) is 68.7 Å². The van der Waals surface area contributed by atoms with Gasteiger partial charge in [-0.2, -0.15) is 0 Å². The van der Waals surface area contributed by atoms with E-state index in [2.05, 4.69) is 10.3 Å². The van der Waals surface area contributed by atoms with Gasteiger partial charge in [-0.05, 0) is 32.1 Å². The number of likely N-dealkylation sites (N-methyl/N-ethyl adjacent to an activating group) is 1. The zero-order valence-electron chi connectivity index (χ0n) is 18.6. The number of thioether (sulfide) groups is 1. The molecule has 1 N–H and O–H groups in total. The van der Waals surface area contributed by atoms with E-state index in [1.54, 1.807) is 36.2 Å². The molecule has 2 saturated heterocycles. The van der Waals surface area contributed by atoms with Gasteiger partial charge in [0.2, 0.25) is 5.91 Å². The van der Waals surface area contributed by atoms with Gasteiger partial charge in [0.25, 0.3) is 11.5 Å². The Morgan fingerprint density at radius 2 is 2.12 bits per heavy atom. The van der Waals surface area contributed by atoms with Crippen molar-refractivity contribution < 1.29 is 19.1 Å². The van der Waals surface area contributed by atoms with E-state index in [9.17, 15) is 19.2 Å². The van der Waals surface area contributed by atoms with Crippen molar-refractivity contribution >= 4 is 63.6 Å². The van der Waals surface area contributed by atoms with Crippen LogP contribution in [-0.2, 0) is 19.1 Å². The number of aromatic nitrogens is 2. The minimum Gasteiger partial charge on any atom is -0.466 e. The Hall–Kier alpha value is -3.25. The Morgan fingerprint density at radius 1 is 1.32 bits per heavy atom. The maximum absolute atomic E-state index is 13.5. The summed E-state index contributed by atoms with van der Waals surface area (Å²) in [6, 6.07) is 4.21. The van der Waals surface area contributed by atoms with E-state index in [0.717, 1.165) is 11.8 Å². The number of anilines is 1. The van der Waals surface area contributed by atoms with Crippen molar-refractivity contribution in [3.05, 3.63) is 45.2 Å². The average Bonchev–Trinajstić information content (AvgIpc) is 3.09. The number of piperazine rings is 1. The Kier molecular flexibility index (Phi) is 6.98. The van der Waals surface area contributed by atoms with Gasteiger partial charge in [0, 0.05) is 25.8 Å². The minimum absolute atomic E-state index is 0.142. The first-order chi connectivity index (χ1) is 16.3. The summed E-state index contributed by atoms with van der Waals surface area (Å²) in [4.78, 5) is 59.4. The lowest BCUT2D eigenvalue weighted by Crippen LogP contribution is -2.57. The third-order valence-corrected chi connectivity index (χ3v) is 6.86. The molecule has 178 valence electrons. The average molecular weight is 502 g/mol. The first kappa shape index (κ1) is 23.9. The molecule has 4 heterocycles. The minimum atomic E-state index is -0.914. The number of carbonyl (C=O) groups excluding carboxylic acids is 3. The molecule has 10 nitrogen and oxygen atoms in total. The third-order valence-electron chi connectivity index (χ3n) is 5.48. The van der Waals surface area contributed by atoms with Gasteiger partial charge >= 0.3 is 5.97 Å². The molecule has 0 saturated carbocycles. The van der Waals surface area contributed by atoms with E-state index in [1.807, 2.05) is 6.92 Å². The second-order valence-electron chi connectivity index (χ2n) is 7.52. The number of hydrogen-bond donors (Lipinski definition) is 1. The molecule has 2 fully saturated rings. The molecule has 0 aromatic carbocycles. The van der Waals surface area contributed by atoms with Crippen LogP contribution in [0.2, 0.25) is 0 Å². The van der Waals surface area contributed by atoms with Gasteiger partial charge in [0.1, 0.15) is 21.8 Å². The summed E-state index contributed by atoms with van der Waals surface area (Å²) in [5.74, 6) is -0.961. The topological polar surface area (TPSA) is 113 Å². The van der Waals surface area contributed by atoms with Crippen LogP contribution >= 0.6 is 24.0 Å². The smallest absolute Gasteiger partial charge is 0.308 e. The van der Waals surface area contributed by atoms with Gasteiger partial charge in [-0.3, -0.25) is 28.5 Å². The van der Waals surface area contributed by atoms with Crippen LogP contribution in [0.4, 0.5) is 5.82 Å². The first-order valence-electron chi connectivity index (χ1n) is 10.8. The highest BCUT2D eigenvalue weighted by atomic mass is 32.2. The molecule has 0 radical (unpaired) electrons. The van der Waals surface area contributed by atoms with Gasteiger partial charge in [0.05, 0.1) is 23.5 Å². The fourth-order valence-electron chi connectivity index (χ4n) is 3.89. The van der Waals surface area contributed by atoms with E-state index in [0.29, 0.717) is 34.5 Å². The summed E-state index contributed by atoms with van der Waals surface area (Å²) in [7, 11) is 0. The van der Waals surface area contributed by atoms with Gasteiger partial charge in [-0.1, -0.05) is 30.0 Å². The van der Waals surface area contributed by atoms with Crippen LogP contribution in [0.1, 0.15) is 25.8 Å². The van der Waals surface area contributed by atoms with E-state index < -0.39 is 17.6 Å². The highest BCUT2D eigenvalue weighted by molar-refractivity contribution is 8.26. The van der Waals surface area contributed by atoms with Crippen LogP contribution in [0.5, 0.6) is 0 Å². The molecule has 4 rings (SSSR count). The number of carbonyl (C=O) groups is 3. The van der Waals surface area contributed by atoms with Crippen LogP contribution in [0, 0.1) is 0 Å². The first-order valence-corrected chi connectivity index (χ1v) is 12.0. The van der Waals surface area contributed by atoms with E-state index in [1.165, 1.54) is 15.4 Å². The molecule has 12 heteroatoms. The highest BCUT2D eigenvalue weighted by Crippen LogP contribution is 2.33. The number of ether oxygens (including phenoxy) is 1. The summed E-state index contributed by atoms with van der Waals surface area (Å²) in [5, 5.41) is 2.75. The number of esters is 1. The fraction of sp³-hybridized carbons (Fsp3) is 0.364. The molecule has 0 bridgehead atoms. The number of nitrogens with one attached hydrogen (secondary N) is 1. The van der Waals surface area contributed by atoms with E-state index >= 15 is 0 Å². The Morgan fingerprint density at radius 3 is 2.82 bits per heavy atom. The van der Waals surface area contributed by atoms with Crippen molar-refractivity contribution in [3.63, 3.8) is 0 Å². The van der Waals surface area contributed by atoms with Gasteiger partial charge < -0.3 is 15.0 Å². The monoisotopic (exact) mass is 501 g/mol. The Bertz CT molecular complexity index is 1270. The van der Waals surface area contributed by atoms with Crippen LogP contribution in [0.25, 0.3) is 11.7 Å². The lowest BCUT2D eigenvalue weighted by Gasteiger charge is -2.36. The van der Waals surface area contributed by atoms with Crippen molar-refractivity contribution in [3.8, 4) is 0 Å². The summed E-state index contributed by atoms with van der Waals surface area (Å²) in [6.07, 6.45) is 2.86. The highest BCUT2D eigenvalue weighted by Gasteiger charge is 2.36. The molecule has 2 amide bonds. The number of amides is 2. The molecule has 2 aromatic rings. The summed E-state index contributed by atoms with van der Waals surface area (Å²) < 4.78 is 6.83. The summed E-state index contributed by atoms with van der Waals surface area (Å²) in [6.45, 7) is 4.74. The normalized spacial score (nSPS) is 19.8. The maximum atomic E-state index is 13.5. The quantitative estimate of drug-likeness (QED) is 0.354. The van der Waals surface area contributed by atoms with Crippen molar-refractivity contribution in [2.75, 3.05) is 31.1 Å². The molecular formula is C22H23N5O5S2. The molecule has 34 heavy (non-hydrogen) atoms. The Balaban J connectivity index is 1.88. The van der Waals surface area contributed by atoms with E-state index in [-0.39, 0.29) is 36.2 Å². The number of nitrogens with zero attached hydrogens (tertiary/aromatic N) is 4. The number of thiocarbonyl (C=S) groups is 1. The number of pyridine rings is 1. The number of hydrogen-bond acceptors (Lipinski definition) is 9. The number of fused-ring (bicyclic) bond motifs is 1. The molecule has 2 aliphatic rings. The molecule has 1 atom stereocenters. The van der Waals surface area contributed by atoms with E-state index in [4.69, 9.17) is 17.0 Å². The summed E-state index contributed by atoms with van der Waals surface area (Å²) >= 11 is 6.41. The molecule has 0 aliphatic carbocycles. The van der Waals surface area contributed by atoms with Gasteiger partial charge in [-0.25, -0.2) is 4.98 Å². The molecule has 1 unspecified atom stereocenters. The molecule has 2 aromatic heterocycles.